The molecule has 0 fully saturated rings. The van der Waals surface area contributed by atoms with E-state index in [1.54, 1.807) is 22.6 Å². The maximum Gasteiger partial charge on any atom is 0.210 e. The SMILES string of the molecule is FC(=S)C(=S)I. The molecule has 0 aromatic heterocycles. The molecule has 0 spiro atoms. The first-order valence-corrected chi connectivity index (χ1v) is 2.93. The predicted molar refractivity (Wildman–Crippen MR) is 40.3 cm³/mol. The molecule has 4 heteroatoms. The van der Waals surface area contributed by atoms with Gasteiger partial charge in [-0.05, 0) is 34.8 Å². The summed E-state index contributed by atoms with van der Waals surface area (Å²) in [7, 11) is 0. The Labute approximate surface area is 59.2 Å². The van der Waals surface area contributed by atoms with Crippen molar-refractivity contribution in [1.82, 2.24) is 0 Å². The van der Waals surface area contributed by atoms with Crippen LogP contribution in [0.5, 0.6) is 0 Å². The van der Waals surface area contributed by atoms with Crippen molar-refractivity contribution in [3.05, 3.63) is 0 Å². The largest absolute Gasteiger partial charge is 0.210 e. The van der Waals surface area contributed by atoms with Crippen LogP contribution in [-0.2, 0) is 0 Å². The molecular weight excluding hydrogens is 234 g/mol. The second kappa shape index (κ2) is 2.92. The minimum atomic E-state index is -0.689. The topological polar surface area (TPSA) is 0 Å². The Bertz CT molecular complexity index is 77.5. The number of halogens is 2. The van der Waals surface area contributed by atoms with Crippen molar-refractivity contribution in [2.45, 2.75) is 0 Å². The van der Waals surface area contributed by atoms with E-state index in [0.717, 1.165) is 0 Å². The van der Waals surface area contributed by atoms with E-state index in [9.17, 15) is 4.39 Å². The van der Waals surface area contributed by atoms with Gasteiger partial charge in [-0.15, -0.1) is 0 Å². The first kappa shape index (κ1) is 6.84. The van der Waals surface area contributed by atoms with Crippen molar-refractivity contribution in [3.8, 4) is 0 Å². The summed E-state index contributed by atoms with van der Waals surface area (Å²) < 4.78 is 11.5. The number of hydrogen-bond acceptors (Lipinski definition) is 2. The van der Waals surface area contributed by atoms with Crippen molar-refractivity contribution in [3.63, 3.8) is 0 Å². The van der Waals surface area contributed by atoms with E-state index >= 15 is 0 Å². The smallest absolute Gasteiger partial charge is 0.192 e. The van der Waals surface area contributed by atoms with E-state index in [4.69, 9.17) is 0 Å². The molecule has 0 amide bonds. The molecule has 0 rings (SSSR count). The Kier molecular flexibility index (Phi) is 3.33. The lowest BCUT2D eigenvalue weighted by molar-refractivity contribution is 0.847. The van der Waals surface area contributed by atoms with Crippen LogP contribution in [0.15, 0.2) is 0 Å². The molecule has 0 aliphatic carbocycles. The van der Waals surface area contributed by atoms with Crippen LogP contribution >= 0.6 is 47.0 Å². The van der Waals surface area contributed by atoms with Gasteiger partial charge >= 0.3 is 0 Å². The number of rotatable bonds is 1. The monoisotopic (exact) mass is 234 g/mol. The van der Waals surface area contributed by atoms with Gasteiger partial charge in [0.1, 0.15) is 2.87 Å². The van der Waals surface area contributed by atoms with Gasteiger partial charge in [-0.1, -0.05) is 12.2 Å². The van der Waals surface area contributed by atoms with Crippen LogP contribution in [0.25, 0.3) is 0 Å². The third kappa shape index (κ3) is 3.05. The van der Waals surface area contributed by atoms with Gasteiger partial charge < -0.3 is 0 Å². The van der Waals surface area contributed by atoms with Gasteiger partial charge in [0.15, 0.2) is 0 Å². The lowest BCUT2D eigenvalue weighted by atomic mass is 10.9. The van der Waals surface area contributed by atoms with Crippen LogP contribution in [0.3, 0.4) is 0 Å². The molecule has 0 bridgehead atoms. The highest BCUT2D eigenvalue weighted by atomic mass is 127. The Morgan fingerprint density at radius 3 is 1.67 bits per heavy atom. The van der Waals surface area contributed by atoms with Gasteiger partial charge in [0, 0.05) is 0 Å². The molecule has 0 saturated carbocycles. The highest BCUT2D eigenvalue weighted by molar-refractivity contribution is 14.1. The molecule has 6 heavy (non-hydrogen) atoms. The maximum absolute atomic E-state index is 11.4. The van der Waals surface area contributed by atoms with E-state index in [2.05, 4.69) is 24.4 Å². The van der Waals surface area contributed by atoms with E-state index in [1.807, 2.05) is 0 Å². The first-order valence-electron chi connectivity index (χ1n) is 1.04. The van der Waals surface area contributed by atoms with Crippen LogP contribution in [0.4, 0.5) is 4.39 Å². The maximum atomic E-state index is 11.4. The van der Waals surface area contributed by atoms with E-state index < -0.39 is 5.12 Å². The molecule has 0 atom stereocenters. The molecule has 0 radical (unpaired) electrons. The summed E-state index contributed by atoms with van der Waals surface area (Å²) in [6, 6.07) is 0. The van der Waals surface area contributed by atoms with Crippen molar-refractivity contribution < 1.29 is 4.39 Å². The molecule has 34 valence electrons. The summed E-state index contributed by atoms with van der Waals surface area (Å²) in [4.78, 5) is 0. The Morgan fingerprint density at radius 2 is 1.67 bits per heavy atom. The third-order valence-corrected chi connectivity index (χ3v) is 1.51. The quantitative estimate of drug-likeness (QED) is 0.387. The molecule has 0 nitrogen and oxygen atoms in total. The summed E-state index contributed by atoms with van der Waals surface area (Å²) >= 11 is 9.94. The van der Waals surface area contributed by atoms with Gasteiger partial charge in [0.05, 0.1) is 0 Å². The molecule has 0 unspecified atom stereocenters. The molecule has 0 N–H and O–H groups in total. The van der Waals surface area contributed by atoms with Crippen molar-refractivity contribution >= 4 is 55.0 Å². The molecule has 0 aliphatic heterocycles. The van der Waals surface area contributed by atoms with E-state index in [0.29, 0.717) is 0 Å². The minimum absolute atomic E-state index is 0.127. The van der Waals surface area contributed by atoms with Gasteiger partial charge in [-0.2, -0.15) is 4.39 Å². The Morgan fingerprint density at radius 1 is 1.50 bits per heavy atom. The fourth-order valence-electron chi connectivity index (χ4n) is 0. The van der Waals surface area contributed by atoms with Crippen LogP contribution in [-0.4, -0.2) is 7.99 Å². The molecule has 0 aromatic carbocycles. The highest BCUT2D eigenvalue weighted by Crippen LogP contribution is 1.93. The second-order valence-electron chi connectivity index (χ2n) is 0.547. The zero-order valence-electron chi connectivity index (χ0n) is 2.57. The molecule has 0 saturated heterocycles. The third-order valence-electron chi connectivity index (χ3n) is 0.155. The number of thiocarbonyl (C=S) groups is 2. The summed E-state index contributed by atoms with van der Waals surface area (Å²) in [5.74, 6) is 0. The zero-order chi connectivity index (χ0) is 5.15. The van der Waals surface area contributed by atoms with Crippen LogP contribution in [0.1, 0.15) is 0 Å². The molecular formula is C2FIS2. The van der Waals surface area contributed by atoms with Gasteiger partial charge in [-0.25, -0.2) is 0 Å². The van der Waals surface area contributed by atoms with Crippen LogP contribution in [0, 0.1) is 0 Å². The van der Waals surface area contributed by atoms with Gasteiger partial charge in [-0.3, -0.25) is 0 Å². The number of hydrogen-bond donors (Lipinski definition) is 0. The summed E-state index contributed by atoms with van der Waals surface area (Å²) in [5, 5.41) is -0.689. The summed E-state index contributed by atoms with van der Waals surface area (Å²) in [6.45, 7) is 0. The first-order chi connectivity index (χ1) is 2.64. The summed E-state index contributed by atoms with van der Waals surface area (Å²) in [5.41, 5.74) is 0. The standard InChI is InChI=1S/C2FIS2/c3-1(5)2(4)6. The highest BCUT2D eigenvalue weighted by Gasteiger charge is 1.92. The van der Waals surface area contributed by atoms with E-state index in [-0.39, 0.29) is 2.87 Å². The lowest BCUT2D eigenvalue weighted by Gasteiger charge is -1.74. The fraction of sp³-hybridized carbons (Fsp3) is 0. The van der Waals surface area contributed by atoms with E-state index in [1.165, 1.54) is 0 Å². The average Bonchev–Trinajstić information content (AvgIpc) is 1.36. The van der Waals surface area contributed by atoms with Crippen molar-refractivity contribution in [2.75, 3.05) is 0 Å². The van der Waals surface area contributed by atoms with Crippen molar-refractivity contribution in [1.29, 1.82) is 0 Å². The average molecular weight is 234 g/mol. The van der Waals surface area contributed by atoms with Gasteiger partial charge in [0.2, 0.25) is 5.12 Å². The second-order valence-corrected chi connectivity index (χ2v) is 3.12. The zero-order valence-corrected chi connectivity index (χ0v) is 6.36. The molecule has 0 aliphatic rings. The van der Waals surface area contributed by atoms with Crippen molar-refractivity contribution in [2.24, 2.45) is 0 Å². The fourth-order valence-corrected chi connectivity index (χ4v) is 0. The summed E-state index contributed by atoms with van der Waals surface area (Å²) in [6.07, 6.45) is 0. The minimum Gasteiger partial charge on any atom is -0.192 e. The molecule has 0 heterocycles. The normalized spacial score (nSPS) is 7.67. The van der Waals surface area contributed by atoms with Crippen LogP contribution < -0.4 is 0 Å². The van der Waals surface area contributed by atoms with Gasteiger partial charge in [0.25, 0.3) is 0 Å². The lowest BCUT2D eigenvalue weighted by Crippen LogP contribution is -1.87. The van der Waals surface area contributed by atoms with Crippen LogP contribution in [0.2, 0.25) is 0 Å². The molecule has 0 aromatic rings. The Hall–Kier alpha value is 0.840. The predicted octanol–water partition coefficient (Wildman–Crippen LogP) is 2.05. The Balaban J connectivity index is 3.57.